The van der Waals surface area contributed by atoms with Crippen LogP contribution in [0.25, 0.3) is 10.8 Å². The lowest BCUT2D eigenvalue weighted by molar-refractivity contribution is 0.200. The fraction of sp³-hybridized carbons (Fsp3) is 0.292. The third-order valence-corrected chi connectivity index (χ3v) is 6.78. The number of hydrogen-bond acceptors (Lipinski definition) is 2. The molecule has 2 amide bonds. The summed E-state index contributed by atoms with van der Waals surface area (Å²) in [5, 5.41) is 6.02. The van der Waals surface area contributed by atoms with E-state index < -0.39 is 0 Å². The van der Waals surface area contributed by atoms with Crippen LogP contribution in [0.3, 0.4) is 0 Å². The monoisotopic (exact) mass is 390 g/mol. The van der Waals surface area contributed by atoms with Gasteiger partial charge in [0.15, 0.2) is 0 Å². The van der Waals surface area contributed by atoms with Gasteiger partial charge in [-0.1, -0.05) is 66.7 Å². The van der Waals surface area contributed by atoms with Gasteiger partial charge in [0.05, 0.1) is 0 Å². The number of benzene rings is 3. The van der Waals surface area contributed by atoms with Crippen LogP contribution in [0.5, 0.6) is 0 Å². The van der Waals surface area contributed by atoms with Crippen LogP contribution in [0, 0.1) is 6.92 Å². The van der Waals surface area contributed by atoms with Crippen LogP contribution in [-0.4, -0.2) is 29.8 Å². The first-order valence-electron chi connectivity index (χ1n) is 9.89. The lowest BCUT2D eigenvalue weighted by Gasteiger charge is -2.21. The van der Waals surface area contributed by atoms with Crippen LogP contribution in [0.2, 0.25) is 0 Å². The molecule has 1 aliphatic rings. The Morgan fingerprint density at radius 2 is 1.82 bits per heavy atom. The van der Waals surface area contributed by atoms with E-state index in [1.165, 1.54) is 21.9 Å². The Hall–Kier alpha value is -2.46. The van der Waals surface area contributed by atoms with Crippen molar-refractivity contribution in [3.05, 3.63) is 83.4 Å². The zero-order valence-corrected chi connectivity index (χ0v) is 17.0. The highest BCUT2D eigenvalue weighted by Gasteiger charge is 2.22. The number of urea groups is 1. The average molecular weight is 391 g/mol. The molecule has 4 heteroatoms. The molecule has 0 aromatic heterocycles. The smallest absolute Gasteiger partial charge is 0.317 e. The Morgan fingerprint density at radius 1 is 1.04 bits per heavy atom. The zero-order chi connectivity index (χ0) is 19.3. The SMILES string of the molecule is Cc1ccccc1C1CCN(C(=O)NCc2cccc3ccccc23)CCS1. The maximum atomic E-state index is 12.8. The molecule has 1 saturated heterocycles. The molecule has 1 aliphatic heterocycles. The number of carbonyl (C=O) groups is 1. The lowest BCUT2D eigenvalue weighted by Crippen LogP contribution is -2.40. The molecule has 0 spiro atoms. The van der Waals surface area contributed by atoms with Gasteiger partial charge in [0, 0.05) is 30.6 Å². The minimum atomic E-state index is 0.0407. The molecule has 4 rings (SSSR count). The number of rotatable bonds is 3. The second-order valence-corrected chi connectivity index (χ2v) is 8.60. The number of aryl methyl sites for hydroxylation is 1. The maximum Gasteiger partial charge on any atom is 0.317 e. The molecule has 3 nitrogen and oxygen atoms in total. The van der Waals surface area contributed by atoms with Gasteiger partial charge in [-0.25, -0.2) is 4.79 Å². The van der Waals surface area contributed by atoms with E-state index in [0.717, 1.165) is 30.8 Å². The van der Waals surface area contributed by atoms with Crippen molar-refractivity contribution in [2.24, 2.45) is 0 Å². The molecule has 1 unspecified atom stereocenters. The molecule has 1 atom stereocenters. The first-order valence-corrected chi connectivity index (χ1v) is 10.9. The van der Waals surface area contributed by atoms with E-state index in [-0.39, 0.29) is 6.03 Å². The number of amides is 2. The summed E-state index contributed by atoms with van der Waals surface area (Å²) >= 11 is 1.97. The van der Waals surface area contributed by atoms with Gasteiger partial charge in [-0.05, 0) is 40.8 Å². The molecule has 3 aromatic carbocycles. The van der Waals surface area contributed by atoms with Crippen molar-refractivity contribution in [2.45, 2.75) is 25.1 Å². The predicted molar refractivity (Wildman–Crippen MR) is 119 cm³/mol. The summed E-state index contributed by atoms with van der Waals surface area (Å²) < 4.78 is 0. The fourth-order valence-corrected chi connectivity index (χ4v) is 5.23. The number of hydrogen-bond donors (Lipinski definition) is 1. The quantitative estimate of drug-likeness (QED) is 0.637. The van der Waals surface area contributed by atoms with Crippen LogP contribution in [-0.2, 0) is 6.54 Å². The van der Waals surface area contributed by atoms with Crippen molar-refractivity contribution >= 4 is 28.6 Å². The summed E-state index contributed by atoms with van der Waals surface area (Å²) in [7, 11) is 0. The van der Waals surface area contributed by atoms with E-state index in [2.05, 4.69) is 66.8 Å². The van der Waals surface area contributed by atoms with Gasteiger partial charge in [0.25, 0.3) is 0 Å². The van der Waals surface area contributed by atoms with Crippen molar-refractivity contribution < 1.29 is 4.79 Å². The number of nitrogens with one attached hydrogen (secondary N) is 1. The Morgan fingerprint density at radius 3 is 2.71 bits per heavy atom. The van der Waals surface area contributed by atoms with Crippen molar-refractivity contribution in [1.29, 1.82) is 0 Å². The first kappa shape index (κ1) is 18.9. The number of thioether (sulfide) groups is 1. The highest BCUT2D eigenvalue weighted by Crippen LogP contribution is 2.35. The Balaban J connectivity index is 1.38. The summed E-state index contributed by atoms with van der Waals surface area (Å²) in [6, 6.07) is 23.2. The van der Waals surface area contributed by atoms with E-state index in [1.54, 1.807) is 0 Å². The third-order valence-electron chi connectivity index (χ3n) is 5.47. The number of fused-ring (bicyclic) bond motifs is 1. The lowest BCUT2D eigenvalue weighted by atomic mass is 10.0. The molecule has 28 heavy (non-hydrogen) atoms. The Labute approximate surface area is 171 Å². The molecular formula is C24H26N2OS. The molecule has 1 heterocycles. The Bertz CT molecular complexity index is 966. The maximum absolute atomic E-state index is 12.8. The summed E-state index contributed by atoms with van der Waals surface area (Å²) in [6.07, 6.45) is 0.997. The van der Waals surface area contributed by atoms with Crippen molar-refractivity contribution in [3.8, 4) is 0 Å². The van der Waals surface area contributed by atoms with Gasteiger partial charge in [-0.3, -0.25) is 0 Å². The van der Waals surface area contributed by atoms with E-state index in [0.29, 0.717) is 11.8 Å². The number of nitrogens with zero attached hydrogens (tertiary/aromatic N) is 1. The molecule has 1 N–H and O–H groups in total. The van der Waals surface area contributed by atoms with E-state index >= 15 is 0 Å². The minimum Gasteiger partial charge on any atom is -0.334 e. The summed E-state index contributed by atoms with van der Waals surface area (Å²) in [5.74, 6) is 0.973. The fourth-order valence-electron chi connectivity index (χ4n) is 3.90. The normalized spacial score (nSPS) is 17.3. The molecule has 0 bridgehead atoms. The minimum absolute atomic E-state index is 0.0407. The van der Waals surface area contributed by atoms with Gasteiger partial charge in [-0.15, -0.1) is 0 Å². The van der Waals surface area contributed by atoms with E-state index in [1.807, 2.05) is 28.8 Å². The van der Waals surface area contributed by atoms with Crippen molar-refractivity contribution in [2.75, 3.05) is 18.8 Å². The van der Waals surface area contributed by atoms with E-state index in [9.17, 15) is 4.79 Å². The average Bonchev–Trinajstić information content (AvgIpc) is 2.98. The Kier molecular flexibility index (Phi) is 5.87. The third kappa shape index (κ3) is 4.17. The molecule has 144 valence electrons. The van der Waals surface area contributed by atoms with Gasteiger partial charge >= 0.3 is 6.03 Å². The number of carbonyl (C=O) groups excluding carboxylic acids is 1. The van der Waals surface area contributed by atoms with Crippen LogP contribution < -0.4 is 5.32 Å². The van der Waals surface area contributed by atoms with Crippen molar-refractivity contribution in [1.82, 2.24) is 10.2 Å². The van der Waals surface area contributed by atoms with E-state index in [4.69, 9.17) is 0 Å². The first-order chi connectivity index (χ1) is 13.7. The van der Waals surface area contributed by atoms with Crippen LogP contribution in [0.15, 0.2) is 66.7 Å². The van der Waals surface area contributed by atoms with Gasteiger partial charge in [-0.2, -0.15) is 11.8 Å². The molecule has 0 aliphatic carbocycles. The molecule has 0 radical (unpaired) electrons. The van der Waals surface area contributed by atoms with Gasteiger partial charge < -0.3 is 10.2 Å². The summed E-state index contributed by atoms with van der Waals surface area (Å²) in [5.41, 5.74) is 3.91. The van der Waals surface area contributed by atoms with Crippen LogP contribution in [0.4, 0.5) is 4.79 Å². The molecule has 1 fully saturated rings. The highest BCUT2D eigenvalue weighted by molar-refractivity contribution is 7.99. The summed E-state index contributed by atoms with van der Waals surface area (Å²) in [4.78, 5) is 14.7. The standard InChI is InChI=1S/C24H26N2OS/c1-18-7-2-4-11-21(18)23-13-14-26(15-16-28-23)24(27)25-17-20-10-6-9-19-8-3-5-12-22(19)20/h2-12,23H,13-17H2,1H3,(H,25,27). The second kappa shape index (κ2) is 8.70. The van der Waals surface area contributed by atoms with Gasteiger partial charge in [0.1, 0.15) is 0 Å². The highest BCUT2D eigenvalue weighted by atomic mass is 32.2. The zero-order valence-electron chi connectivity index (χ0n) is 16.2. The summed E-state index contributed by atoms with van der Waals surface area (Å²) in [6.45, 7) is 4.34. The van der Waals surface area contributed by atoms with Crippen LogP contribution in [0.1, 0.15) is 28.4 Å². The molecular weight excluding hydrogens is 364 g/mol. The predicted octanol–water partition coefficient (Wildman–Crippen LogP) is 5.54. The van der Waals surface area contributed by atoms with Crippen molar-refractivity contribution in [3.63, 3.8) is 0 Å². The second-order valence-electron chi connectivity index (χ2n) is 7.29. The topological polar surface area (TPSA) is 32.3 Å². The van der Waals surface area contributed by atoms with Crippen LogP contribution >= 0.6 is 11.8 Å². The largest absolute Gasteiger partial charge is 0.334 e. The molecule has 0 saturated carbocycles. The van der Waals surface area contributed by atoms with Gasteiger partial charge in [0.2, 0.25) is 0 Å². The molecule has 3 aromatic rings.